The van der Waals surface area contributed by atoms with Gasteiger partial charge in [0.25, 0.3) is 5.91 Å². The average Bonchev–Trinajstić information content (AvgIpc) is 2.78. The van der Waals surface area contributed by atoms with Crippen molar-refractivity contribution in [2.45, 2.75) is 45.7 Å². The third-order valence-corrected chi connectivity index (χ3v) is 7.10. The molecule has 2 aromatic rings. The van der Waals surface area contributed by atoms with Crippen LogP contribution in [0.25, 0.3) is 0 Å². The Morgan fingerprint density at radius 1 is 1.11 bits per heavy atom. The number of benzene rings is 2. The van der Waals surface area contributed by atoms with Crippen LogP contribution in [0.1, 0.15) is 50.7 Å². The van der Waals surface area contributed by atoms with Gasteiger partial charge in [-0.1, -0.05) is 37.6 Å². The van der Waals surface area contributed by atoms with Crippen molar-refractivity contribution in [2.75, 3.05) is 24.3 Å². The van der Waals surface area contributed by atoms with Crippen molar-refractivity contribution in [3.63, 3.8) is 0 Å². The number of ketones is 1. The molecule has 4 rings (SSSR count). The smallest absolute Gasteiger partial charge is 0.378 e. The third kappa shape index (κ3) is 5.39. The second kappa shape index (κ2) is 9.56. The van der Waals surface area contributed by atoms with Crippen molar-refractivity contribution in [2.24, 2.45) is 5.41 Å². The molecule has 9 heteroatoms. The van der Waals surface area contributed by atoms with Gasteiger partial charge in [-0.25, -0.2) is 0 Å². The number of hydrogen-bond acceptors (Lipinski definition) is 4. The zero-order valence-electron chi connectivity index (χ0n) is 21.3. The summed E-state index contributed by atoms with van der Waals surface area (Å²) in [6.07, 6.45) is -3.64. The zero-order chi connectivity index (χ0) is 27.3. The van der Waals surface area contributed by atoms with E-state index in [-0.39, 0.29) is 27.5 Å². The van der Waals surface area contributed by atoms with Crippen LogP contribution in [0.2, 0.25) is 5.02 Å². The van der Waals surface area contributed by atoms with Crippen LogP contribution in [0.15, 0.2) is 65.0 Å². The average molecular weight is 532 g/mol. The minimum Gasteiger partial charge on any atom is -0.378 e. The SMILES string of the molecule is CC1=C(C(=O)Nc2cc(C(F)(F)F)ccc2Cl)[C@@H](c2ccc(N(C)C)cc2)C2=C(CC(C)(C)CC2=O)N1. The molecule has 1 atom stereocenters. The fourth-order valence-corrected chi connectivity index (χ4v) is 5.19. The van der Waals surface area contributed by atoms with E-state index >= 15 is 0 Å². The summed E-state index contributed by atoms with van der Waals surface area (Å²) in [5.41, 5.74) is 2.46. The lowest BCUT2D eigenvalue weighted by Crippen LogP contribution is -2.39. The molecule has 0 unspecified atom stereocenters. The number of nitrogens with one attached hydrogen (secondary N) is 2. The molecule has 0 aromatic heterocycles. The molecular weight excluding hydrogens is 503 g/mol. The van der Waals surface area contributed by atoms with E-state index in [9.17, 15) is 22.8 Å². The third-order valence-electron chi connectivity index (χ3n) is 6.77. The van der Waals surface area contributed by atoms with E-state index in [4.69, 9.17) is 11.6 Å². The second-order valence-electron chi connectivity index (χ2n) is 10.6. The number of amides is 1. The van der Waals surface area contributed by atoms with Crippen LogP contribution in [0.4, 0.5) is 24.5 Å². The molecule has 37 heavy (non-hydrogen) atoms. The summed E-state index contributed by atoms with van der Waals surface area (Å²) in [7, 11) is 3.82. The largest absolute Gasteiger partial charge is 0.416 e. The number of rotatable bonds is 4. The summed E-state index contributed by atoms with van der Waals surface area (Å²) in [6, 6.07) is 10.3. The molecule has 1 aliphatic heterocycles. The van der Waals surface area contributed by atoms with Crippen molar-refractivity contribution < 1.29 is 22.8 Å². The van der Waals surface area contributed by atoms with Gasteiger partial charge in [-0.2, -0.15) is 13.2 Å². The van der Waals surface area contributed by atoms with Crippen molar-refractivity contribution in [3.8, 4) is 0 Å². The van der Waals surface area contributed by atoms with Gasteiger partial charge in [0.2, 0.25) is 0 Å². The van der Waals surface area contributed by atoms with Gasteiger partial charge >= 0.3 is 6.18 Å². The predicted octanol–water partition coefficient (Wildman–Crippen LogP) is 6.67. The summed E-state index contributed by atoms with van der Waals surface area (Å²) in [4.78, 5) is 29.0. The Morgan fingerprint density at radius 2 is 1.76 bits per heavy atom. The molecule has 0 saturated heterocycles. The van der Waals surface area contributed by atoms with E-state index in [0.29, 0.717) is 24.1 Å². The van der Waals surface area contributed by atoms with Crippen molar-refractivity contribution in [1.82, 2.24) is 5.32 Å². The van der Waals surface area contributed by atoms with E-state index in [1.165, 1.54) is 0 Å². The maximum absolute atomic E-state index is 13.7. The molecule has 0 radical (unpaired) electrons. The molecule has 1 heterocycles. The Hall–Kier alpha value is -3.26. The number of carbonyl (C=O) groups excluding carboxylic acids is 2. The first-order chi connectivity index (χ1) is 17.2. The summed E-state index contributed by atoms with van der Waals surface area (Å²) >= 11 is 6.15. The Bertz CT molecular complexity index is 1330. The number of carbonyl (C=O) groups is 2. The first kappa shape index (κ1) is 26.8. The number of hydrogen-bond donors (Lipinski definition) is 2. The highest BCUT2D eigenvalue weighted by Crippen LogP contribution is 2.47. The van der Waals surface area contributed by atoms with Gasteiger partial charge in [-0.15, -0.1) is 0 Å². The fraction of sp³-hybridized carbons (Fsp3) is 0.357. The van der Waals surface area contributed by atoms with Gasteiger partial charge < -0.3 is 15.5 Å². The topological polar surface area (TPSA) is 61.4 Å². The van der Waals surface area contributed by atoms with Crippen molar-refractivity contribution in [1.29, 1.82) is 0 Å². The summed E-state index contributed by atoms with van der Waals surface area (Å²) in [5.74, 6) is -1.37. The minimum absolute atomic E-state index is 0.0225. The van der Waals surface area contributed by atoms with E-state index in [1.807, 2.05) is 57.1 Å². The molecule has 2 aromatic carbocycles. The van der Waals surface area contributed by atoms with Crippen LogP contribution in [-0.2, 0) is 15.8 Å². The standard InChI is InChI=1S/C28H29ClF3N3O2/c1-15-23(26(37)34-20-12-17(28(30,31)32)8-11-19(20)29)24(16-6-9-18(10-7-16)35(4)5)25-21(33-15)13-27(2,3)14-22(25)36/h6-12,24,33H,13-14H2,1-5H3,(H,34,37)/t24-/m1/s1. The highest BCUT2D eigenvalue weighted by molar-refractivity contribution is 6.34. The molecule has 2 N–H and O–H groups in total. The molecule has 1 aliphatic carbocycles. The second-order valence-corrected chi connectivity index (χ2v) is 11.0. The maximum Gasteiger partial charge on any atom is 0.416 e. The number of halogens is 4. The Morgan fingerprint density at radius 3 is 2.35 bits per heavy atom. The van der Waals surface area contributed by atoms with E-state index in [0.717, 1.165) is 35.1 Å². The number of alkyl halides is 3. The lowest BCUT2D eigenvalue weighted by atomic mass is 9.68. The Balaban J connectivity index is 1.80. The number of nitrogens with zero attached hydrogens (tertiary/aromatic N) is 1. The number of anilines is 2. The Labute approximate surface area is 219 Å². The molecule has 0 spiro atoms. The van der Waals surface area contributed by atoms with Gasteiger partial charge in [0, 0.05) is 54.7 Å². The van der Waals surface area contributed by atoms with Crippen LogP contribution >= 0.6 is 11.6 Å². The summed E-state index contributed by atoms with van der Waals surface area (Å²) in [6.45, 7) is 5.78. The van der Waals surface area contributed by atoms with Crippen LogP contribution in [-0.4, -0.2) is 25.8 Å². The predicted molar refractivity (Wildman–Crippen MR) is 139 cm³/mol. The van der Waals surface area contributed by atoms with Gasteiger partial charge in [0.05, 0.1) is 16.3 Å². The lowest BCUT2D eigenvalue weighted by Gasteiger charge is -2.39. The van der Waals surface area contributed by atoms with E-state index < -0.39 is 23.6 Å². The fourth-order valence-electron chi connectivity index (χ4n) is 5.02. The van der Waals surface area contributed by atoms with E-state index in [1.54, 1.807) is 6.92 Å². The van der Waals surface area contributed by atoms with Gasteiger partial charge in [-0.05, 0) is 54.7 Å². The highest BCUT2D eigenvalue weighted by atomic mass is 35.5. The van der Waals surface area contributed by atoms with Gasteiger partial charge in [0.1, 0.15) is 0 Å². The molecule has 2 aliphatic rings. The first-order valence-corrected chi connectivity index (χ1v) is 12.2. The van der Waals surface area contributed by atoms with Crippen LogP contribution in [0.3, 0.4) is 0 Å². The normalized spacial score (nSPS) is 19.4. The molecular formula is C28H29ClF3N3O2. The molecule has 196 valence electrons. The van der Waals surface area contributed by atoms with Crippen molar-refractivity contribution >= 4 is 34.7 Å². The van der Waals surface area contributed by atoms with Crippen LogP contribution in [0.5, 0.6) is 0 Å². The first-order valence-electron chi connectivity index (χ1n) is 11.9. The minimum atomic E-state index is -4.59. The van der Waals surface area contributed by atoms with Crippen LogP contribution in [0, 0.1) is 5.41 Å². The maximum atomic E-state index is 13.7. The summed E-state index contributed by atoms with van der Waals surface area (Å²) in [5, 5.41) is 5.80. The Kier molecular flexibility index (Phi) is 6.92. The van der Waals surface area contributed by atoms with Crippen LogP contribution < -0.4 is 15.5 Å². The number of allylic oxidation sites excluding steroid dienone is 3. The van der Waals surface area contributed by atoms with E-state index in [2.05, 4.69) is 10.6 Å². The molecule has 1 amide bonds. The van der Waals surface area contributed by atoms with Crippen molar-refractivity contribution in [3.05, 3.63) is 81.2 Å². The van der Waals surface area contributed by atoms with Gasteiger partial charge in [0.15, 0.2) is 5.78 Å². The van der Waals surface area contributed by atoms with Gasteiger partial charge in [-0.3, -0.25) is 9.59 Å². The molecule has 0 saturated carbocycles. The number of dihydropyridines is 1. The highest BCUT2D eigenvalue weighted by Gasteiger charge is 2.43. The quantitative estimate of drug-likeness (QED) is 0.463. The molecule has 0 bridgehead atoms. The molecule has 5 nitrogen and oxygen atoms in total. The zero-order valence-corrected chi connectivity index (χ0v) is 22.1. The summed E-state index contributed by atoms with van der Waals surface area (Å²) < 4.78 is 39.9. The lowest BCUT2D eigenvalue weighted by molar-refractivity contribution is -0.137. The monoisotopic (exact) mass is 531 g/mol. The molecule has 0 fully saturated rings. The number of Topliss-reactive ketones (excluding diaryl/α,β-unsaturated/α-hetero) is 1.